The highest BCUT2D eigenvalue weighted by Gasteiger charge is 2.28. The summed E-state index contributed by atoms with van der Waals surface area (Å²) in [6.07, 6.45) is 2.25. The molecule has 1 aliphatic rings. The predicted molar refractivity (Wildman–Crippen MR) is 115 cm³/mol. The van der Waals surface area contributed by atoms with E-state index in [1.807, 2.05) is 41.1 Å². The molecule has 1 fully saturated rings. The van der Waals surface area contributed by atoms with Gasteiger partial charge in [0.25, 0.3) is 0 Å². The molecule has 0 unspecified atom stereocenters. The molecule has 5 rings (SSSR count). The Labute approximate surface area is 172 Å². The van der Waals surface area contributed by atoms with Crippen molar-refractivity contribution in [1.29, 1.82) is 0 Å². The second-order valence-corrected chi connectivity index (χ2v) is 8.15. The standard InChI is InChI=1S/C22H19N5OS/c28-21(14-29-20-12-7-15-3-1-2-4-17(15)13-20)23-18-8-5-16(6-9-18)22-24-25-26-27(22)19-10-11-19/h1-9,12-13,19H,10-11,14H2,(H,23,28). The SMILES string of the molecule is O=C(CSc1ccc2ccccc2c1)Nc1ccc(-c2nnnn2C2CC2)cc1. The molecule has 1 aliphatic carbocycles. The molecule has 0 radical (unpaired) electrons. The van der Waals surface area contributed by atoms with Crippen LogP contribution in [0.3, 0.4) is 0 Å². The van der Waals surface area contributed by atoms with Gasteiger partial charge in [-0.1, -0.05) is 30.3 Å². The molecule has 1 heterocycles. The first-order valence-electron chi connectivity index (χ1n) is 9.56. The molecule has 1 N–H and O–H groups in total. The highest BCUT2D eigenvalue weighted by molar-refractivity contribution is 8.00. The van der Waals surface area contributed by atoms with Crippen molar-refractivity contribution >= 4 is 34.1 Å². The highest BCUT2D eigenvalue weighted by Crippen LogP contribution is 2.36. The maximum absolute atomic E-state index is 12.3. The van der Waals surface area contributed by atoms with E-state index in [4.69, 9.17) is 0 Å². The van der Waals surface area contributed by atoms with Gasteiger partial charge in [0.2, 0.25) is 5.91 Å². The number of hydrogen-bond donors (Lipinski definition) is 1. The first kappa shape index (κ1) is 17.9. The molecule has 0 saturated heterocycles. The van der Waals surface area contributed by atoms with Crippen LogP contribution in [0.4, 0.5) is 5.69 Å². The van der Waals surface area contributed by atoms with E-state index in [0.717, 1.165) is 34.8 Å². The Hall–Kier alpha value is -3.19. The van der Waals surface area contributed by atoms with E-state index < -0.39 is 0 Å². The summed E-state index contributed by atoms with van der Waals surface area (Å²) in [6, 6.07) is 22.6. The first-order chi connectivity index (χ1) is 14.3. The number of fused-ring (bicyclic) bond motifs is 1. The second kappa shape index (κ2) is 7.67. The molecular formula is C22H19N5OS. The van der Waals surface area contributed by atoms with E-state index in [0.29, 0.717) is 11.8 Å². The number of nitrogens with zero attached hydrogens (tertiary/aromatic N) is 4. The minimum atomic E-state index is -0.0290. The van der Waals surface area contributed by atoms with Gasteiger partial charge in [0.05, 0.1) is 11.8 Å². The normalized spacial score (nSPS) is 13.5. The van der Waals surface area contributed by atoms with Gasteiger partial charge >= 0.3 is 0 Å². The summed E-state index contributed by atoms with van der Waals surface area (Å²) in [5.74, 6) is 1.11. The first-order valence-corrected chi connectivity index (χ1v) is 10.5. The number of benzene rings is 3. The fraction of sp³-hybridized carbons (Fsp3) is 0.182. The number of rotatable bonds is 6. The monoisotopic (exact) mass is 401 g/mol. The molecule has 29 heavy (non-hydrogen) atoms. The average molecular weight is 401 g/mol. The third-order valence-electron chi connectivity index (χ3n) is 4.90. The minimum Gasteiger partial charge on any atom is -0.325 e. The molecule has 0 atom stereocenters. The lowest BCUT2D eigenvalue weighted by Gasteiger charge is -2.07. The fourth-order valence-corrected chi connectivity index (χ4v) is 4.00. The maximum Gasteiger partial charge on any atom is 0.234 e. The van der Waals surface area contributed by atoms with Gasteiger partial charge < -0.3 is 5.32 Å². The van der Waals surface area contributed by atoms with Crippen molar-refractivity contribution in [2.45, 2.75) is 23.8 Å². The van der Waals surface area contributed by atoms with Gasteiger partial charge in [-0.2, -0.15) is 0 Å². The summed E-state index contributed by atoms with van der Waals surface area (Å²) in [5.41, 5.74) is 1.72. The molecule has 1 amide bonds. The molecule has 1 saturated carbocycles. The van der Waals surface area contributed by atoms with Crippen molar-refractivity contribution in [3.8, 4) is 11.4 Å². The van der Waals surface area contributed by atoms with Gasteiger partial charge in [-0.05, 0) is 70.4 Å². The Morgan fingerprint density at radius 2 is 1.83 bits per heavy atom. The lowest BCUT2D eigenvalue weighted by atomic mass is 10.1. The lowest BCUT2D eigenvalue weighted by Crippen LogP contribution is -2.13. The molecular weight excluding hydrogens is 382 g/mol. The van der Waals surface area contributed by atoms with Crippen LogP contribution in [0.1, 0.15) is 18.9 Å². The topological polar surface area (TPSA) is 72.7 Å². The summed E-state index contributed by atoms with van der Waals surface area (Å²) in [5, 5.41) is 17.3. The number of hydrogen-bond acceptors (Lipinski definition) is 5. The largest absolute Gasteiger partial charge is 0.325 e. The summed E-state index contributed by atoms with van der Waals surface area (Å²) < 4.78 is 1.88. The third-order valence-corrected chi connectivity index (χ3v) is 5.90. The Bertz CT molecular complexity index is 1170. The van der Waals surface area contributed by atoms with Crippen molar-refractivity contribution in [2.75, 3.05) is 11.1 Å². The van der Waals surface area contributed by atoms with E-state index >= 15 is 0 Å². The van der Waals surface area contributed by atoms with Crippen molar-refractivity contribution in [3.63, 3.8) is 0 Å². The van der Waals surface area contributed by atoms with E-state index in [2.05, 4.69) is 51.2 Å². The van der Waals surface area contributed by atoms with Crippen LogP contribution in [-0.4, -0.2) is 31.9 Å². The quantitative estimate of drug-likeness (QED) is 0.480. The van der Waals surface area contributed by atoms with Crippen LogP contribution in [-0.2, 0) is 4.79 Å². The molecule has 7 heteroatoms. The van der Waals surface area contributed by atoms with Crippen LogP contribution < -0.4 is 5.32 Å². The zero-order valence-corrected chi connectivity index (χ0v) is 16.5. The average Bonchev–Trinajstić information content (AvgIpc) is 3.49. The summed E-state index contributed by atoms with van der Waals surface area (Å²) >= 11 is 1.53. The summed E-state index contributed by atoms with van der Waals surface area (Å²) in [4.78, 5) is 13.4. The smallest absolute Gasteiger partial charge is 0.234 e. The van der Waals surface area contributed by atoms with Gasteiger partial charge in [0, 0.05) is 16.1 Å². The maximum atomic E-state index is 12.3. The number of tetrazole rings is 1. The predicted octanol–water partition coefficient (Wildman–Crippen LogP) is 4.56. The molecule has 0 aliphatic heterocycles. The zero-order chi connectivity index (χ0) is 19.6. The molecule has 0 spiro atoms. The lowest BCUT2D eigenvalue weighted by molar-refractivity contribution is -0.113. The van der Waals surface area contributed by atoms with Gasteiger partial charge in [0.1, 0.15) is 0 Å². The number of carbonyl (C=O) groups excluding carboxylic acids is 1. The molecule has 0 bridgehead atoms. The van der Waals surface area contributed by atoms with E-state index in [1.165, 1.54) is 22.5 Å². The zero-order valence-electron chi connectivity index (χ0n) is 15.7. The van der Waals surface area contributed by atoms with Crippen molar-refractivity contribution in [1.82, 2.24) is 20.2 Å². The van der Waals surface area contributed by atoms with E-state index in [9.17, 15) is 4.79 Å². The van der Waals surface area contributed by atoms with Crippen molar-refractivity contribution in [2.24, 2.45) is 0 Å². The van der Waals surface area contributed by atoms with Crippen LogP contribution in [0.2, 0.25) is 0 Å². The third kappa shape index (κ3) is 4.00. The molecule has 1 aromatic heterocycles. The van der Waals surface area contributed by atoms with Gasteiger partial charge in [-0.25, -0.2) is 4.68 Å². The Morgan fingerprint density at radius 1 is 1.03 bits per heavy atom. The van der Waals surface area contributed by atoms with Gasteiger partial charge in [-0.3, -0.25) is 4.79 Å². The van der Waals surface area contributed by atoms with Gasteiger partial charge in [0.15, 0.2) is 5.82 Å². The minimum absolute atomic E-state index is 0.0290. The van der Waals surface area contributed by atoms with Crippen LogP contribution >= 0.6 is 11.8 Å². The molecule has 144 valence electrons. The highest BCUT2D eigenvalue weighted by atomic mass is 32.2. The van der Waals surface area contributed by atoms with E-state index in [-0.39, 0.29) is 5.91 Å². The fourth-order valence-electron chi connectivity index (χ4n) is 3.25. The van der Waals surface area contributed by atoms with E-state index in [1.54, 1.807) is 0 Å². The molecule has 6 nitrogen and oxygen atoms in total. The Balaban J connectivity index is 1.20. The number of anilines is 1. The van der Waals surface area contributed by atoms with Crippen molar-refractivity contribution in [3.05, 3.63) is 66.7 Å². The number of carbonyl (C=O) groups is 1. The van der Waals surface area contributed by atoms with Crippen LogP contribution in [0.5, 0.6) is 0 Å². The Morgan fingerprint density at radius 3 is 2.62 bits per heavy atom. The number of amides is 1. The van der Waals surface area contributed by atoms with Crippen LogP contribution in [0.15, 0.2) is 71.6 Å². The summed E-state index contributed by atoms with van der Waals surface area (Å²) in [7, 11) is 0. The van der Waals surface area contributed by atoms with Crippen molar-refractivity contribution < 1.29 is 4.79 Å². The van der Waals surface area contributed by atoms with Crippen LogP contribution in [0, 0.1) is 0 Å². The molecule has 3 aromatic carbocycles. The number of aromatic nitrogens is 4. The Kier molecular flexibility index (Phi) is 4.73. The number of nitrogens with one attached hydrogen (secondary N) is 1. The van der Waals surface area contributed by atoms with Crippen LogP contribution in [0.25, 0.3) is 22.2 Å². The summed E-state index contributed by atoms with van der Waals surface area (Å²) in [6.45, 7) is 0. The number of thioether (sulfide) groups is 1. The second-order valence-electron chi connectivity index (χ2n) is 7.10. The van der Waals surface area contributed by atoms with Gasteiger partial charge in [-0.15, -0.1) is 16.9 Å². The molecule has 4 aromatic rings.